The number of nitrogen functional groups attached to an aromatic ring is 1. The third kappa shape index (κ3) is 4.27. The first-order chi connectivity index (χ1) is 9.15. The van der Waals surface area contributed by atoms with Crippen molar-refractivity contribution in [3.63, 3.8) is 0 Å². The lowest BCUT2D eigenvalue weighted by molar-refractivity contribution is 0.0949. The second-order valence-electron chi connectivity index (χ2n) is 5.79. The van der Waals surface area contributed by atoms with E-state index in [1.807, 2.05) is 0 Å². The molecule has 0 bridgehead atoms. The SMILES string of the molecule is CC1CCC(CCNC(=O)c2ccc(N)cc2)CC1. The summed E-state index contributed by atoms with van der Waals surface area (Å²) in [5, 5.41) is 3.00. The summed E-state index contributed by atoms with van der Waals surface area (Å²) in [6.45, 7) is 3.11. The van der Waals surface area contributed by atoms with Crippen molar-refractivity contribution in [1.29, 1.82) is 0 Å². The molecular formula is C16H24N2O. The molecule has 3 nitrogen and oxygen atoms in total. The fourth-order valence-electron chi connectivity index (χ4n) is 2.74. The number of nitrogens with one attached hydrogen (secondary N) is 1. The van der Waals surface area contributed by atoms with Crippen LogP contribution >= 0.6 is 0 Å². The van der Waals surface area contributed by atoms with Crippen molar-refractivity contribution >= 4 is 11.6 Å². The van der Waals surface area contributed by atoms with E-state index in [1.165, 1.54) is 25.7 Å². The van der Waals surface area contributed by atoms with Gasteiger partial charge in [0.25, 0.3) is 5.91 Å². The highest BCUT2D eigenvalue weighted by atomic mass is 16.1. The van der Waals surface area contributed by atoms with Crippen molar-refractivity contribution in [1.82, 2.24) is 5.32 Å². The molecule has 1 saturated carbocycles. The van der Waals surface area contributed by atoms with Gasteiger partial charge in [-0.05, 0) is 42.5 Å². The van der Waals surface area contributed by atoms with Gasteiger partial charge in [-0.25, -0.2) is 0 Å². The molecule has 0 radical (unpaired) electrons. The van der Waals surface area contributed by atoms with Crippen LogP contribution in [0, 0.1) is 11.8 Å². The molecule has 0 spiro atoms. The minimum atomic E-state index is 0.00387. The topological polar surface area (TPSA) is 55.1 Å². The molecule has 0 aliphatic heterocycles. The number of carbonyl (C=O) groups is 1. The molecule has 1 fully saturated rings. The largest absolute Gasteiger partial charge is 0.399 e. The molecule has 1 aliphatic rings. The van der Waals surface area contributed by atoms with E-state index in [9.17, 15) is 4.79 Å². The van der Waals surface area contributed by atoms with Gasteiger partial charge >= 0.3 is 0 Å². The normalized spacial score (nSPS) is 23.0. The number of anilines is 1. The molecule has 1 aromatic rings. The number of benzene rings is 1. The highest BCUT2D eigenvalue weighted by Gasteiger charge is 2.17. The molecule has 2 rings (SSSR count). The standard InChI is InChI=1S/C16H24N2O/c1-12-2-4-13(5-3-12)10-11-18-16(19)14-6-8-15(17)9-7-14/h6-9,12-13H,2-5,10-11,17H2,1H3,(H,18,19). The van der Waals surface area contributed by atoms with Gasteiger partial charge in [-0.1, -0.05) is 32.6 Å². The van der Waals surface area contributed by atoms with Crippen LogP contribution in [0.15, 0.2) is 24.3 Å². The van der Waals surface area contributed by atoms with E-state index < -0.39 is 0 Å². The lowest BCUT2D eigenvalue weighted by atomic mass is 9.81. The van der Waals surface area contributed by atoms with Gasteiger partial charge in [0.1, 0.15) is 0 Å². The predicted octanol–water partition coefficient (Wildman–Crippen LogP) is 3.22. The number of nitrogens with two attached hydrogens (primary N) is 1. The molecule has 0 aromatic heterocycles. The van der Waals surface area contributed by atoms with E-state index in [0.29, 0.717) is 11.3 Å². The summed E-state index contributed by atoms with van der Waals surface area (Å²) in [7, 11) is 0. The second-order valence-corrected chi connectivity index (χ2v) is 5.79. The van der Waals surface area contributed by atoms with Crippen molar-refractivity contribution in [2.45, 2.75) is 39.0 Å². The Hall–Kier alpha value is -1.51. The zero-order valence-corrected chi connectivity index (χ0v) is 11.7. The Balaban J connectivity index is 1.70. The highest BCUT2D eigenvalue weighted by Crippen LogP contribution is 2.29. The summed E-state index contributed by atoms with van der Waals surface area (Å²) < 4.78 is 0. The predicted molar refractivity (Wildman–Crippen MR) is 78.9 cm³/mol. The van der Waals surface area contributed by atoms with Crippen LogP contribution in [-0.2, 0) is 0 Å². The number of rotatable bonds is 4. The van der Waals surface area contributed by atoms with E-state index >= 15 is 0 Å². The fourth-order valence-corrected chi connectivity index (χ4v) is 2.74. The van der Waals surface area contributed by atoms with Crippen LogP contribution in [-0.4, -0.2) is 12.5 Å². The summed E-state index contributed by atoms with van der Waals surface area (Å²) >= 11 is 0. The molecule has 3 N–H and O–H groups in total. The quantitative estimate of drug-likeness (QED) is 0.817. The average molecular weight is 260 g/mol. The Morgan fingerprint density at radius 3 is 2.47 bits per heavy atom. The number of hydrogen-bond acceptors (Lipinski definition) is 2. The van der Waals surface area contributed by atoms with Crippen molar-refractivity contribution in [3.8, 4) is 0 Å². The van der Waals surface area contributed by atoms with Crippen LogP contribution in [0.1, 0.15) is 49.4 Å². The Labute approximate surface area is 115 Å². The van der Waals surface area contributed by atoms with Crippen LogP contribution in [0.25, 0.3) is 0 Å². The molecule has 0 unspecified atom stereocenters. The molecule has 1 aromatic carbocycles. The summed E-state index contributed by atoms with van der Waals surface area (Å²) in [6.07, 6.45) is 6.43. The van der Waals surface area contributed by atoms with E-state index in [0.717, 1.165) is 24.8 Å². The number of hydrogen-bond donors (Lipinski definition) is 2. The van der Waals surface area contributed by atoms with Crippen molar-refractivity contribution < 1.29 is 4.79 Å². The smallest absolute Gasteiger partial charge is 0.251 e. The summed E-state index contributed by atoms with van der Waals surface area (Å²) in [6, 6.07) is 7.06. The zero-order valence-electron chi connectivity index (χ0n) is 11.7. The van der Waals surface area contributed by atoms with Gasteiger partial charge in [-0.2, -0.15) is 0 Å². The summed E-state index contributed by atoms with van der Waals surface area (Å²) in [5.41, 5.74) is 6.98. The summed E-state index contributed by atoms with van der Waals surface area (Å²) in [5.74, 6) is 1.69. The van der Waals surface area contributed by atoms with Crippen LogP contribution in [0.4, 0.5) is 5.69 Å². The Morgan fingerprint density at radius 2 is 1.84 bits per heavy atom. The van der Waals surface area contributed by atoms with Crippen molar-refractivity contribution in [2.75, 3.05) is 12.3 Å². The minimum Gasteiger partial charge on any atom is -0.399 e. The van der Waals surface area contributed by atoms with Gasteiger partial charge in [0, 0.05) is 17.8 Å². The number of amides is 1. The van der Waals surface area contributed by atoms with Gasteiger partial charge < -0.3 is 11.1 Å². The molecule has 3 heteroatoms. The lowest BCUT2D eigenvalue weighted by Crippen LogP contribution is -2.26. The lowest BCUT2D eigenvalue weighted by Gasteiger charge is -2.26. The first-order valence-corrected chi connectivity index (χ1v) is 7.29. The van der Waals surface area contributed by atoms with Gasteiger partial charge in [-0.3, -0.25) is 4.79 Å². The van der Waals surface area contributed by atoms with Gasteiger partial charge in [0.05, 0.1) is 0 Å². The van der Waals surface area contributed by atoms with E-state index in [-0.39, 0.29) is 5.91 Å². The minimum absolute atomic E-state index is 0.00387. The Bertz CT molecular complexity index is 405. The fraction of sp³-hybridized carbons (Fsp3) is 0.562. The maximum absolute atomic E-state index is 11.9. The molecule has 19 heavy (non-hydrogen) atoms. The van der Waals surface area contributed by atoms with Gasteiger partial charge in [0.2, 0.25) is 0 Å². The zero-order chi connectivity index (χ0) is 13.7. The summed E-state index contributed by atoms with van der Waals surface area (Å²) in [4.78, 5) is 11.9. The number of carbonyl (C=O) groups excluding carboxylic acids is 1. The molecular weight excluding hydrogens is 236 g/mol. The monoisotopic (exact) mass is 260 g/mol. The van der Waals surface area contributed by atoms with Crippen LogP contribution in [0.3, 0.4) is 0 Å². The molecule has 1 amide bonds. The maximum Gasteiger partial charge on any atom is 0.251 e. The van der Waals surface area contributed by atoms with E-state index in [4.69, 9.17) is 5.73 Å². The van der Waals surface area contributed by atoms with Crippen LogP contribution < -0.4 is 11.1 Å². The van der Waals surface area contributed by atoms with E-state index in [1.54, 1.807) is 24.3 Å². The average Bonchev–Trinajstić information content (AvgIpc) is 2.41. The first-order valence-electron chi connectivity index (χ1n) is 7.29. The van der Waals surface area contributed by atoms with E-state index in [2.05, 4.69) is 12.2 Å². The first kappa shape index (κ1) is 13.9. The third-order valence-electron chi connectivity index (χ3n) is 4.15. The van der Waals surface area contributed by atoms with Crippen LogP contribution in [0.2, 0.25) is 0 Å². The van der Waals surface area contributed by atoms with Gasteiger partial charge in [-0.15, -0.1) is 0 Å². The third-order valence-corrected chi connectivity index (χ3v) is 4.15. The van der Waals surface area contributed by atoms with Crippen LogP contribution in [0.5, 0.6) is 0 Å². The Morgan fingerprint density at radius 1 is 1.21 bits per heavy atom. The molecule has 0 saturated heterocycles. The molecule has 1 aliphatic carbocycles. The second kappa shape index (κ2) is 6.60. The highest BCUT2D eigenvalue weighted by molar-refractivity contribution is 5.94. The maximum atomic E-state index is 11.9. The molecule has 0 heterocycles. The van der Waals surface area contributed by atoms with Gasteiger partial charge in [0.15, 0.2) is 0 Å². The van der Waals surface area contributed by atoms with Crippen molar-refractivity contribution in [2.24, 2.45) is 11.8 Å². The molecule has 0 atom stereocenters. The molecule has 104 valence electrons. The Kier molecular flexibility index (Phi) is 4.83. The van der Waals surface area contributed by atoms with Crippen molar-refractivity contribution in [3.05, 3.63) is 29.8 Å².